The summed E-state index contributed by atoms with van der Waals surface area (Å²) < 4.78 is -1.80. The average molecular weight is 417 g/mol. The minimum Gasteiger partial charge on any atom is -0.339 e. The minimum absolute atomic E-state index is 0.156. The van der Waals surface area contributed by atoms with E-state index < -0.39 is 15.4 Å². The third-order valence-electron chi connectivity index (χ3n) is 2.68. The first-order valence-electron chi connectivity index (χ1n) is 6.61. The first-order chi connectivity index (χ1) is 10.4. The lowest BCUT2D eigenvalue weighted by molar-refractivity contribution is -0.129. The van der Waals surface area contributed by atoms with Crippen molar-refractivity contribution in [3.63, 3.8) is 0 Å². The molecule has 1 amide bonds. The SMILES string of the molecule is CC(C)(C)C(=O)NC(NC(=S)Nc1ccccc1Cl)C(Cl)(Cl)Cl. The van der Waals surface area contributed by atoms with Gasteiger partial charge in [0.1, 0.15) is 6.17 Å². The van der Waals surface area contributed by atoms with Gasteiger partial charge in [-0.3, -0.25) is 4.79 Å². The number of carbonyl (C=O) groups is 1. The van der Waals surface area contributed by atoms with E-state index in [2.05, 4.69) is 16.0 Å². The zero-order chi connectivity index (χ0) is 17.8. The van der Waals surface area contributed by atoms with Crippen molar-refractivity contribution in [1.82, 2.24) is 10.6 Å². The molecule has 9 heteroatoms. The maximum atomic E-state index is 12.1. The molecular weight excluding hydrogens is 400 g/mol. The van der Waals surface area contributed by atoms with E-state index in [1.165, 1.54) is 0 Å². The van der Waals surface area contributed by atoms with Crippen molar-refractivity contribution in [2.75, 3.05) is 5.32 Å². The van der Waals surface area contributed by atoms with Crippen molar-refractivity contribution in [1.29, 1.82) is 0 Å². The number of rotatable bonds is 3. The van der Waals surface area contributed by atoms with E-state index >= 15 is 0 Å². The molecule has 128 valence electrons. The highest BCUT2D eigenvalue weighted by Gasteiger charge is 2.36. The van der Waals surface area contributed by atoms with Crippen molar-refractivity contribution in [2.45, 2.75) is 30.7 Å². The zero-order valence-electron chi connectivity index (χ0n) is 12.7. The van der Waals surface area contributed by atoms with E-state index in [1.54, 1.807) is 45.0 Å². The molecule has 0 aliphatic heterocycles. The Morgan fingerprint density at radius 2 is 1.70 bits per heavy atom. The van der Waals surface area contributed by atoms with Gasteiger partial charge >= 0.3 is 0 Å². The second kappa shape index (κ2) is 8.08. The van der Waals surface area contributed by atoms with Crippen molar-refractivity contribution < 1.29 is 4.79 Å². The average Bonchev–Trinajstić information content (AvgIpc) is 2.38. The molecule has 0 aliphatic rings. The van der Waals surface area contributed by atoms with Crippen LogP contribution in [0.4, 0.5) is 5.69 Å². The molecule has 0 bridgehead atoms. The molecule has 0 aliphatic carbocycles. The number of nitrogens with one attached hydrogen (secondary N) is 3. The van der Waals surface area contributed by atoms with Gasteiger partial charge in [0.25, 0.3) is 0 Å². The van der Waals surface area contributed by atoms with Crippen LogP contribution in [0.5, 0.6) is 0 Å². The van der Waals surface area contributed by atoms with E-state index in [4.69, 9.17) is 58.6 Å². The van der Waals surface area contributed by atoms with Gasteiger partial charge in [0.05, 0.1) is 10.7 Å². The molecule has 0 saturated carbocycles. The van der Waals surface area contributed by atoms with Gasteiger partial charge in [-0.25, -0.2) is 0 Å². The smallest absolute Gasteiger partial charge is 0.228 e. The van der Waals surface area contributed by atoms with E-state index in [1.807, 2.05) is 0 Å². The van der Waals surface area contributed by atoms with Crippen molar-refractivity contribution >= 4 is 75.3 Å². The predicted octanol–water partition coefficient (Wildman–Crippen LogP) is 4.49. The summed E-state index contributed by atoms with van der Waals surface area (Å²) in [6.45, 7) is 5.24. The number of anilines is 1. The number of thiocarbonyl (C=S) groups is 1. The normalized spacial score (nSPS) is 13.2. The molecule has 1 aromatic rings. The summed E-state index contributed by atoms with van der Waals surface area (Å²) >= 11 is 29.0. The molecule has 0 radical (unpaired) electrons. The Labute approximate surface area is 161 Å². The van der Waals surface area contributed by atoms with Crippen LogP contribution in [0.25, 0.3) is 0 Å². The van der Waals surface area contributed by atoms with Gasteiger partial charge in [-0.2, -0.15) is 0 Å². The van der Waals surface area contributed by atoms with Crippen LogP contribution in [0.3, 0.4) is 0 Å². The van der Waals surface area contributed by atoms with E-state index in [0.29, 0.717) is 10.7 Å². The monoisotopic (exact) mass is 415 g/mol. The van der Waals surface area contributed by atoms with Crippen LogP contribution in [0, 0.1) is 5.41 Å². The van der Waals surface area contributed by atoms with Crippen LogP contribution in [-0.4, -0.2) is 21.0 Å². The first-order valence-corrected chi connectivity index (χ1v) is 8.53. The fourth-order valence-electron chi connectivity index (χ4n) is 1.40. The lowest BCUT2D eigenvalue weighted by atomic mass is 9.95. The summed E-state index contributed by atoms with van der Waals surface area (Å²) in [4.78, 5) is 12.1. The van der Waals surface area contributed by atoms with Gasteiger partial charge in [-0.1, -0.05) is 79.3 Å². The zero-order valence-corrected chi connectivity index (χ0v) is 16.6. The Bertz CT molecular complexity index is 584. The third kappa shape index (κ3) is 6.89. The second-order valence-electron chi connectivity index (χ2n) is 5.78. The molecule has 0 heterocycles. The number of carbonyl (C=O) groups excluding carboxylic acids is 1. The largest absolute Gasteiger partial charge is 0.339 e. The standard InChI is InChI=1S/C14H17Cl4N3OS/c1-13(2,3)11(22)20-10(14(16,17)18)21-12(23)19-9-7-5-4-6-8(9)15/h4-7,10H,1-3H3,(H,20,22)(H2,19,21,23). The van der Waals surface area contributed by atoms with E-state index in [9.17, 15) is 4.79 Å². The fourth-order valence-corrected chi connectivity index (χ4v) is 2.14. The molecule has 3 N–H and O–H groups in total. The van der Waals surface area contributed by atoms with Crippen molar-refractivity contribution in [3.05, 3.63) is 29.3 Å². The molecule has 0 spiro atoms. The Hall–Kier alpha value is -0.460. The van der Waals surface area contributed by atoms with Crippen LogP contribution in [0.2, 0.25) is 5.02 Å². The van der Waals surface area contributed by atoms with Gasteiger partial charge < -0.3 is 16.0 Å². The number of halogens is 4. The highest BCUT2D eigenvalue weighted by Crippen LogP contribution is 2.30. The molecule has 23 heavy (non-hydrogen) atoms. The summed E-state index contributed by atoms with van der Waals surface area (Å²) in [6.07, 6.45) is -1.01. The molecule has 1 unspecified atom stereocenters. The Morgan fingerprint density at radius 1 is 1.13 bits per heavy atom. The fraction of sp³-hybridized carbons (Fsp3) is 0.429. The maximum Gasteiger partial charge on any atom is 0.228 e. The third-order valence-corrected chi connectivity index (χ3v) is 3.89. The molecule has 4 nitrogen and oxygen atoms in total. The summed E-state index contributed by atoms with van der Waals surface area (Å²) in [5.41, 5.74) is -0.0509. The van der Waals surface area contributed by atoms with Gasteiger partial charge in [-0.15, -0.1) is 0 Å². The summed E-state index contributed by atoms with van der Waals surface area (Å²) in [6, 6.07) is 7.04. The molecule has 1 rings (SSSR count). The van der Waals surface area contributed by atoms with E-state index in [0.717, 1.165) is 0 Å². The first kappa shape index (κ1) is 20.6. The molecular formula is C14H17Cl4N3OS. The Kier molecular flexibility index (Phi) is 7.23. The second-order valence-corrected chi connectivity index (χ2v) is 8.96. The van der Waals surface area contributed by atoms with Gasteiger partial charge in [0.15, 0.2) is 5.11 Å². The number of para-hydroxylation sites is 1. The topological polar surface area (TPSA) is 53.2 Å². The number of benzene rings is 1. The van der Waals surface area contributed by atoms with Crippen LogP contribution < -0.4 is 16.0 Å². The summed E-state index contributed by atoms with van der Waals surface area (Å²) in [7, 11) is 0. The number of amides is 1. The molecule has 0 saturated heterocycles. The van der Waals surface area contributed by atoms with Crippen LogP contribution in [0.1, 0.15) is 20.8 Å². The molecule has 1 aromatic carbocycles. The maximum absolute atomic E-state index is 12.1. The molecule has 1 atom stereocenters. The number of hydrogen-bond acceptors (Lipinski definition) is 2. The highest BCUT2D eigenvalue weighted by atomic mass is 35.6. The summed E-state index contributed by atoms with van der Waals surface area (Å²) in [5, 5.41) is 8.92. The van der Waals surface area contributed by atoms with E-state index in [-0.39, 0.29) is 11.0 Å². The molecule has 0 fully saturated rings. The van der Waals surface area contributed by atoms with Gasteiger partial charge in [0, 0.05) is 5.41 Å². The van der Waals surface area contributed by atoms with Gasteiger partial charge in [-0.05, 0) is 24.4 Å². The number of alkyl halides is 3. The molecule has 0 aromatic heterocycles. The summed E-state index contributed by atoms with van der Waals surface area (Å²) in [5.74, 6) is -0.290. The number of hydrogen-bond donors (Lipinski definition) is 3. The van der Waals surface area contributed by atoms with Gasteiger partial charge in [0.2, 0.25) is 9.70 Å². The lowest BCUT2D eigenvalue weighted by Crippen LogP contribution is -2.58. The Morgan fingerprint density at radius 3 is 2.17 bits per heavy atom. The quantitative estimate of drug-likeness (QED) is 0.386. The van der Waals surface area contributed by atoms with Crippen molar-refractivity contribution in [2.24, 2.45) is 5.41 Å². The minimum atomic E-state index is -1.80. The van der Waals surface area contributed by atoms with Crippen LogP contribution in [-0.2, 0) is 4.79 Å². The van der Waals surface area contributed by atoms with Crippen LogP contribution in [0.15, 0.2) is 24.3 Å². The highest BCUT2D eigenvalue weighted by molar-refractivity contribution is 7.80. The van der Waals surface area contributed by atoms with Crippen LogP contribution >= 0.6 is 58.6 Å². The van der Waals surface area contributed by atoms with Crippen molar-refractivity contribution in [3.8, 4) is 0 Å². The lowest BCUT2D eigenvalue weighted by Gasteiger charge is -2.30. The Balaban J connectivity index is 2.80. The predicted molar refractivity (Wildman–Crippen MR) is 102 cm³/mol.